The number of hydrogen-bond acceptors (Lipinski definition) is 10. The van der Waals surface area contributed by atoms with Crippen molar-refractivity contribution in [3.8, 4) is 22.9 Å². The summed E-state index contributed by atoms with van der Waals surface area (Å²) in [5, 5.41) is 35.9. The van der Waals surface area contributed by atoms with Crippen molar-refractivity contribution < 1.29 is 19.6 Å². The smallest absolute Gasteiger partial charge is 0.426 e. The van der Waals surface area contributed by atoms with Crippen LogP contribution in [0, 0.1) is 17.2 Å². The molecular formula is C49H48BN9O5. The first-order chi connectivity index (χ1) is 30.7. The fourth-order valence-electron chi connectivity index (χ4n) is 7.49. The molecule has 4 heterocycles. The normalized spacial score (nSPS) is 12.3. The predicted octanol–water partition coefficient (Wildman–Crippen LogP) is 6.25. The molecule has 4 aromatic carbocycles. The van der Waals surface area contributed by atoms with E-state index in [4.69, 9.17) is 0 Å². The number of nitrogens with one attached hydrogen (secondary N) is 2. The number of aromatic nitrogens is 6. The zero-order chi connectivity index (χ0) is 45.5. The molecule has 0 aliphatic carbocycles. The van der Waals surface area contributed by atoms with Crippen molar-refractivity contribution in [2.24, 2.45) is 13.0 Å². The molecule has 0 aliphatic rings. The summed E-state index contributed by atoms with van der Waals surface area (Å²) in [6.45, 7) is 7.60. The molecule has 2 amide bonds. The molecule has 0 fully saturated rings. The van der Waals surface area contributed by atoms with E-state index in [0.717, 1.165) is 60.8 Å². The number of pyridine rings is 2. The van der Waals surface area contributed by atoms with Gasteiger partial charge in [0.05, 0.1) is 57.6 Å². The molecule has 0 spiro atoms. The van der Waals surface area contributed by atoms with Crippen LogP contribution in [0.3, 0.4) is 0 Å². The maximum absolute atomic E-state index is 13.4. The number of carbonyl (C=O) groups excluding carboxylic acids is 2. The van der Waals surface area contributed by atoms with Gasteiger partial charge in [-0.3, -0.25) is 33.7 Å². The highest BCUT2D eigenvalue weighted by atomic mass is 16.4. The molecular weight excluding hydrogens is 805 g/mol. The minimum atomic E-state index is -1.69. The van der Waals surface area contributed by atoms with Crippen LogP contribution in [0.15, 0.2) is 139 Å². The lowest BCUT2D eigenvalue weighted by molar-refractivity contribution is -0.123. The minimum absolute atomic E-state index is 0.0919. The van der Waals surface area contributed by atoms with Gasteiger partial charge >= 0.3 is 12.8 Å². The number of carbonyl (C=O) groups is 2. The van der Waals surface area contributed by atoms with Gasteiger partial charge in [-0.05, 0) is 79.3 Å². The van der Waals surface area contributed by atoms with E-state index in [1.807, 2.05) is 119 Å². The predicted molar refractivity (Wildman–Crippen MR) is 248 cm³/mol. The number of hydrogen-bond donors (Lipinski definition) is 4. The molecule has 64 heavy (non-hydrogen) atoms. The van der Waals surface area contributed by atoms with Crippen molar-refractivity contribution in [3.05, 3.63) is 161 Å². The summed E-state index contributed by atoms with van der Waals surface area (Å²) in [5.74, 6) is -1.72. The fourth-order valence-corrected chi connectivity index (χ4v) is 7.49. The van der Waals surface area contributed by atoms with Gasteiger partial charge in [0, 0.05) is 48.4 Å². The van der Waals surface area contributed by atoms with Gasteiger partial charge in [0.25, 0.3) is 5.91 Å². The molecule has 0 radical (unpaired) electrons. The van der Waals surface area contributed by atoms with Gasteiger partial charge in [-0.15, -0.1) is 0 Å². The number of para-hydroxylation sites is 1. The van der Waals surface area contributed by atoms with Crippen LogP contribution < -0.4 is 16.3 Å². The van der Waals surface area contributed by atoms with Crippen molar-refractivity contribution in [3.63, 3.8) is 0 Å². The molecule has 0 aliphatic heterocycles. The molecule has 8 aromatic rings. The molecule has 15 heteroatoms. The van der Waals surface area contributed by atoms with Crippen LogP contribution in [0.4, 0.5) is 0 Å². The number of aryl methyl sites for hydroxylation is 1. The fraction of sp³-hybridized carbons (Fsp3) is 0.224. The lowest BCUT2D eigenvalue weighted by atomic mass is 9.75. The van der Waals surface area contributed by atoms with Gasteiger partial charge in [-0.1, -0.05) is 80.6 Å². The first-order valence-electron chi connectivity index (χ1n) is 20.9. The average molecular weight is 854 g/mol. The van der Waals surface area contributed by atoms with Gasteiger partial charge < -0.3 is 20.7 Å². The molecule has 8 rings (SSSR count). The van der Waals surface area contributed by atoms with Crippen molar-refractivity contribution in [2.75, 3.05) is 0 Å². The van der Waals surface area contributed by atoms with Crippen molar-refractivity contribution in [2.45, 2.75) is 57.9 Å². The number of imidazole rings is 1. The third kappa shape index (κ3) is 9.89. The summed E-state index contributed by atoms with van der Waals surface area (Å²) in [6.07, 6.45) is 8.41. The third-order valence-electron chi connectivity index (χ3n) is 11.0. The maximum Gasteiger partial charge on any atom is 0.475 e. The number of amides is 2. The molecule has 2 atom stereocenters. The van der Waals surface area contributed by atoms with Gasteiger partial charge in [-0.25, -0.2) is 9.78 Å². The largest absolute Gasteiger partial charge is 0.475 e. The highest BCUT2D eigenvalue weighted by Gasteiger charge is 2.30. The van der Waals surface area contributed by atoms with E-state index in [9.17, 15) is 29.7 Å². The van der Waals surface area contributed by atoms with E-state index in [1.54, 1.807) is 22.4 Å². The Balaban J connectivity index is 0.000000199. The summed E-state index contributed by atoms with van der Waals surface area (Å²) < 4.78 is 3.35. The van der Waals surface area contributed by atoms with Gasteiger partial charge in [-0.2, -0.15) is 5.26 Å². The maximum atomic E-state index is 13.4. The summed E-state index contributed by atoms with van der Waals surface area (Å²) in [6, 6.07) is 34.6. The second-order valence-corrected chi connectivity index (χ2v) is 16.6. The van der Waals surface area contributed by atoms with Crippen LogP contribution >= 0.6 is 0 Å². The summed E-state index contributed by atoms with van der Waals surface area (Å²) in [7, 11) is 0.0679. The minimum Gasteiger partial charge on any atom is -0.426 e. The monoisotopic (exact) mass is 853 g/mol. The first-order valence-corrected chi connectivity index (χ1v) is 20.9. The summed E-state index contributed by atoms with van der Waals surface area (Å²) >= 11 is 0. The second-order valence-electron chi connectivity index (χ2n) is 16.6. The van der Waals surface area contributed by atoms with Crippen molar-refractivity contribution >= 4 is 51.8 Å². The Morgan fingerprint density at radius 3 is 2.23 bits per heavy atom. The zero-order valence-corrected chi connectivity index (χ0v) is 36.2. The van der Waals surface area contributed by atoms with E-state index in [1.165, 1.54) is 18.6 Å². The number of fused-ring (bicyclic) bond motifs is 4. The Morgan fingerprint density at radius 1 is 0.828 bits per heavy atom. The van der Waals surface area contributed by atoms with Crippen molar-refractivity contribution in [1.29, 1.82) is 5.26 Å². The molecule has 4 aromatic heterocycles. The van der Waals surface area contributed by atoms with Crippen molar-refractivity contribution in [1.82, 2.24) is 39.7 Å². The van der Waals surface area contributed by atoms with E-state index < -0.39 is 36.3 Å². The molecule has 4 N–H and O–H groups in total. The average Bonchev–Trinajstić information content (AvgIpc) is 3.57. The lowest BCUT2D eigenvalue weighted by Crippen LogP contribution is -2.55. The van der Waals surface area contributed by atoms with E-state index >= 15 is 0 Å². The highest BCUT2D eigenvalue weighted by molar-refractivity contribution is 6.43. The number of nitriles is 1. The van der Waals surface area contributed by atoms with Gasteiger partial charge in [0.15, 0.2) is 0 Å². The van der Waals surface area contributed by atoms with Gasteiger partial charge in [0.2, 0.25) is 5.91 Å². The van der Waals surface area contributed by atoms with Crippen LogP contribution in [0.2, 0.25) is 0 Å². The zero-order valence-electron chi connectivity index (χ0n) is 36.2. The SMILES string of the molecule is CC(C)C[C@H](NC(=O)[C@H](Cc1ccccc1)NC(=O)c1cnccn1)B(O)O.Cn1c(=O)n(-c2ccc(C(C)(C)C#N)cc2)c2c3cc(-c4cnc5ccccc5c4)ccc3ncc21. The Hall–Kier alpha value is -7.54. The van der Waals surface area contributed by atoms with Crippen LogP contribution in [0.5, 0.6) is 0 Å². The topological polar surface area (TPSA) is 201 Å². The first kappa shape index (κ1) is 44.5. The Bertz CT molecular complexity index is 3040. The van der Waals surface area contributed by atoms with Gasteiger partial charge in [0.1, 0.15) is 11.7 Å². The van der Waals surface area contributed by atoms with E-state index in [2.05, 4.69) is 54.8 Å². The molecule has 14 nitrogen and oxygen atoms in total. The number of nitrogens with zero attached hydrogens (tertiary/aromatic N) is 7. The summed E-state index contributed by atoms with van der Waals surface area (Å²) in [4.78, 5) is 55.7. The van der Waals surface area contributed by atoms with Crippen LogP contribution in [-0.2, 0) is 23.7 Å². The lowest BCUT2D eigenvalue weighted by Gasteiger charge is -2.24. The molecule has 0 bridgehead atoms. The Morgan fingerprint density at radius 2 is 1.55 bits per heavy atom. The number of benzene rings is 4. The third-order valence-corrected chi connectivity index (χ3v) is 11.0. The van der Waals surface area contributed by atoms with E-state index in [-0.39, 0.29) is 23.7 Å². The molecule has 0 saturated heterocycles. The van der Waals surface area contributed by atoms with E-state index in [0.29, 0.717) is 6.42 Å². The molecule has 0 saturated carbocycles. The molecule has 0 unspecified atom stereocenters. The molecule has 322 valence electrons. The standard InChI is InChI=1S/C30H23N5O.C19H25BN4O4/c1-30(2,18-31)22-9-11-23(12-10-22)35-28-24-15-19(21-14-20-6-4-5-7-25(20)32-16-21)8-13-26(24)33-17-27(28)34(3)29(35)36;1-13(2)10-17(20(27)28)24-18(25)15(11-14-6-4-3-5-7-14)23-19(26)16-12-21-8-9-22-16/h4-17H,1-3H3;3-9,12-13,15,17,27-28H,10-11H2,1-2H3,(H,23,26)(H,24,25)/t;15-,17-/m.0/s1. The Kier molecular flexibility index (Phi) is 13.4. The second kappa shape index (κ2) is 19.2. The van der Waals surface area contributed by atoms with Crippen LogP contribution in [-0.4, -0.2) is 70.0 Å². The van der Waals surface area contributed by atoms with Crippen LogP contribution in [0.1, 0.15) is 55.7 Å². The summed E-state index contributed by atoms with van der Waals surface area (Å²) in [5.41, 5.74) is 7.15. The Labute approximate surface area is 370 Å². The highest BCUT2D eigenvalue weighted by Crippen LogP contribution is 2.31. The van der Waals surface area contributed by atoms with Crippen LogP contribution in [0.25, 0.3) is 49.7 Å². The number of rotatable bonds is 12. The quantitative estimate of drug-likeness (QED) is 0.102.